The summed E-state index contributed by atoms with van der Waals surface area (Å²) in [4.78, 5) is 36.2. The second-order valence-corrected chi connectivity index (χ2v) is 8.84. The summed E-state index contributed by atoms with van der Waals surface area (Å²) in [6, 6.07) is 20.6. The average molecular weight is 480 g/mol. The zero-order valence-corrected chi connectivity index (χ0v) is 19.5. The number of aromatic nitrogens is 2. The Morgan fingerprint density at radius 1 is 1.00 bits per heavy atom. The number of pyridine rings is 1. The summed E-state index contributed by atoms with van der Waals surface area (Å²) >= 11 is 0. The molecule has 1 unspecified atom stereocenters. The van der Waals surface area contributed by atoms with Crippen molar-refractivity contribution in [2.75, 3.05) is 12.0 Å². The number of halogens is 1. The molecule has 6 rings (SSSR count). The molecule has 0 radical (unpaired) electrons. The molecule has 0 saturated heterocycles. The third kappa shape index (κ3) is 3.15. The van der Waals surface area contributed by atoms with Crippen LogP contribution in [0.25, 0.3) is 21.8 Å². The van der Waals surface area contributed by atoms with E-state index in [1.807, 2.05) is 24.3 Å². The lowest BCUT2D eigenvalue weighted by molar-refractivity contribution is -0.122. The Morgan fingerprint density at radius 2 is 1.78 bits per heavy atom. The van der Waals surface area contributed by atoms with Gasteiger partial charge in [0, 0.05) is 27.9 Å². The molecule has 2 aromatic heterocycles. The van der Waals surface area contributed by atoms with Crippen molar-refractivity contribution in [2.45, 2.75) is 12.5 Å². The second kappa shape index (κ2) is 7.91. The predicted octanol–water partition coefficient (Wildman–Crippen LogP) is 5.19. The van der Waals surface area contributed by atoms with E-state index < -0.39 is 23.2 Å². The molecule has 0 spiro atoms. The predicted molar refractivity (Wildman–Crippen MR) is 135 cm³/mol. The number of hydrogen-bond acceptors (Lipinski definition) is 4. The Hall–Kier alpha value is -4.72. The lowest BCUT2D eigenvalue weighted by Gasteiger charge is -2.26. The van der Waals surface area contributed by atoms with Gasteiger partial charge in [0.2, 0.25) is 0 Å². The van der Waals surface area contributed by atoms with E-state index in [0.29, 0.717) is 17.0 Å². The molecule has 0 fully saturated rings. The van der Waals surface area contributed by atoms with Crippen LogP contribution in [0.1, 0.15) is 23.0 Å². The van der Waals surface area contributed by atoms with E-state index >= 15 is 0 Å². The van der Waals surface area contributed by atoms with Gasteiger partial charge >= 0.3 is 0 Å². The molecule has 7 nitrogen and oxygen atoms in total. The van der Waals surface area contributed by atoms with Crippen molar-refractivity contribution in [3.63, 3.8) is 0 Å². The molecule has 1 aliphatic rings. The first-order chi connectivity index (χ1) is 17.4. The maximum absolute atomic E-state index is 14.8. The molecule has 178 valence electrons. The van der Waals surface area contributed by atoms with Gasteiger partial charge in [-0.2, -0.15) is 0 Å². The van der Waals surface area contributed by atoms with Crippen molar-refractivity contribution in [3.8, 4) is 5.75 Å². The quantitative estimate of drug-likeness (QED) is 0.371. The van der Waals surface area contributed by atoms with Gasteiger partial charge in [-0.1, -0.05) is 36.4 Å². The number of hydrogen-bond donors (Lipinski definition) is 2. The Bertz CT molecular complexity index is 1700. The van der Waals surface area contributed by atoms with Gasteiger partial charge in [-0.25, -0.2) is 9.37 Å². The van der Waals surface area contributed by atoms with Gasteiger partial charge < -0.3 is 15.0 Å². The largest absolute Gasteiger partial charge is 0.497 e. The number of fused-ring (bicyclic) bond motifs is 4. The lowest BCUT2D eigenvalue weighted by Crippen LogP contribution is -2.50. The Labute approximate surface area is 205 Å². The van der Waals surface area contributed by atoms with E-state index in [4.69, 9.17) is 4.74 Å². The molecule has 8 heteroatoms. The number of anilines is 2. The molecule has 36 heavy (non-hydrogen) atoms. The van der Waals surface area contributed by atoms with Gasteiger partial charge in [0.05, 0.1) is 30.2 Å². The highest BCUT2D eigenvalue weighted by Gasteiger charge is 2.50. The maximum atomic E-state index is 14.8. The first-order valence-electron chi connectivity index (χ1n) is 11.4. The van der Waals surface area contributed by atoms with Crippen molar-refractivity contribution in [3.05, 3.63) is 96.1 Å². The highest BCUT2D eigenvalue weighted by atomic mass is 19.1. The summed E-state index contributed by atoms with van der Waals surface area (Å²) in [5, 5.41) is 4.69. The van der Waals surface area contributed by atoms with Crippen LogP contribution in [0, 0.1) is 5.82 Å². The van der Waals surface area contributed by atoms with E-state index in [1.165, 1.54) is 24.1 Å². The summed E-state index contributed by atoms with van der Waals surface area (Å²) in [6.45, 7) is 1.61. The number of para-hydroxylation sites is 2. The van der Waals surface area contributed by atoms with Crippen molar-refractivity contribution >= 4 is 45.0 Å². The third-order valence-electron chi connectivity index (χ3n) is 6.70. The van der Waals surface area contributed by atoms with Crippen LogP contribution in [0.5, 0.6) is 5.75 Å². The number of aromatic amines is 1. The minimum atomic E-state index is -1.46. The summed E-state index contributed by atoms with van der Waals surface area (Å²) in [6.07, 6.45) is 1.60. The van der Waals surface area contributed by atoms with Crippen molar-refractivity contribution in [2.24, 2.45) is 0 Å². The topological polar surface area (TPSA) is 87.3 Å². The normalized spacial score (nSPS) is 17.0. The summed E-state index contributed by atoms with van der Waals surface area (Å²) in [5.74, 6) is -1.06. The third-order valence-corrected chi connectivity index (χ3v) is 6.70. The molecule has 5 aromatic rings. The van der Waals surface area contributed by atoms with E-state index in [9.17, 15) is 14.0 Å². The van der Waals surface area contributed by atoms with Crippen LogP contribution in [0.2, 0.25) is 0 Å². The second-order valence-electron chi connectivity index (χ2n) is 8.84. The van der Waals surface area contributed by atoms with Gasteiger partial charge in [0.1, 0.15) is 22.8 Å². The fourth-order valence-corrected chi connectivity index (χ4v) is 4.85. The molecule has 0 aliphatic carbocycles. The van der Waals surface area contributed by atoms with E-state index in [1.54, 1.807) is 49.5 Å². The summed E-state index contributed by atoms with van der Waals surface area (Å²) in [7, 11) is 1.51. The van der Waals surface area contributed by atoms with E-state index in [-0.39, 0.29) is 11.4 Å². The molecule has 3 heterocycles. The van der Waals surface area contributed by atoms with Gasteiger partial charge in [0.15, 0.2) is 0 Å². The number of carbonyl (C=O) groups excluding carboxylic acids is 2. The van der Waals surface area contributed by atoms with Crippen LogP contribution in [-0.4, -0.2) is 28.9 Å². The van der Waals surface area contributed by atoms with Crippen LogP contribution in [0.15, 0.2) is 79.0 Å². The molecule has 1 atom stereocenters. The minimum absolute atomic E-state index is 0.0910. The number of rotatable bonds is 4. The fourth-order valence-electron chi connectivity index (χ4n) is 4.85. The molecule has 2 N–H and O–H groups in total. The van der Waals surface area contributed by atoms with Crippen molar-refractivity contribution < 1.29 is 18.7 Å². The van der Waals surface area contributed by atoms with Crippen molar-refractivity contribution in [1.82, 2.24) is 15.3 Å². The Kier molecular flexibility index (Phi) is 4.79. The first kappa shape index (κ1) is 21.8. The zero-order chi connectivity index (χ0) is 25.0. The number of benzene rings is 3. The lowest BCUT2D eigenvalue weighted by atomic mass is 9.93. The van der Waals surface area contributed by atoms with E-state index in [2.05, 4.69) is 15.3 Å². The number of ether oxygens (including phenoxy) is 1. The first-order valence-corrected chi connectivity index (χ1v) is 11.4. The Morgan fingerprint density at radius 3 is 2.58 bits per heavy atom. The standard InChI is InChI=1S/C28H21FN4O3/c1-28(32-26(34)22-14-18-17-7-3-5-9-21(17)31-23(18)15-30-22)19-12-11-16(36-2)13-25(19)33(27(28)35)24-10-6-4-8-20(24)29/h3-15,31H,1-2H3,(H,32,34). The van der Waals surface area contributed by atoms with Crippen LogP contribution in [-0.2, 0) is 10.3 Å². The molecule has 2 amide bonds. The number of nitrogens with zero attached hydrogens (tertiary/aromatic N) is 2. The number of amides is 2. The molecule has 0 bridgehead atoms. The number of carbonyl (C=O) groups is 2. The van der Waals surface area contributed by atoms with Crippen LogP contribution < -0.4 is 15.0 Å². The van der Waals surface area contributed by atoms with Gasteiger partial charge in [-0.15, -0.1) is 0 Å². The smallest absolute Gasteiger partial charge is 0.271 e. The van der Waals surface area contributed by atoms with Gasteiger partial charge in [-0.3, -0.25) is 14.5 Å². The molecule has 0 saturated carbocycles. The van der Waals surface area contributed by atoms with Crippen LogP contribution in [0.3, 0.4) is 0 Å². The molecule has 1 aliphatic heterocycles. The highest BCUT2D eigenvalue weighted by Crippen LogP contribution is 2.46. The molecular weight excluding hydrogens is 459 g/mol. The molecular formula is C28H21FN4O3. The van der Waals surface area contributed by atoms with Crippen molar-refractivity contribution in [1.29, 1.82) is 0 Å². The SMILES string of the molecule is COc1ccc2c(c1)N(c1ccccc1F)C(=O)C2(C)NC(=O)c1cc2c(cn1)[nH]c1ccccc12. The number of nitrogens with one attached hydrogen (secondary N) is 2. The van der Waals surface area contributed by atoms with Crippen LogP contribution >= 0.6 is 0 Å². The minimum Gasteiger partial charge on any atom is -0.497 e. The molecule has 3 aromatic carbocycles. The van der Waals surface area contributed by atoms with Crippen LogP contribution in [0.4, 0.5) is 15.8 Å². The highest BCUT2D eigenvalue weighted by molar-refractivity contribution is 6.15. The van der Waals surface area contributed by atoms with E-state index in [0.717, 1.165) is 21.8 Å². The summed E-state index contributed by atoms with van der Waals surface area (Å²) < 4.78 is 20.1. The number of methoxy groups -OCH3 is 1. The monoisotopic (exact) mass is 480 g/mol. The fraction of sp³-hybridized carbons (Fsp3) is 0.107. The average Bonchev–Trinajstić information content (AvgIpc) is 3.36. The number of H-pyrrole nitrogens is 1. The van der Waals surface area contributed by atoms with Gasteiger partial charge in [0.25, 0.3) is 11.8 Å². The zero-order valence-electron chi connectivity index (χ0n) is 19.5. The van der Waals surface area contributed by atoms with Gasteiger partial charge in [-0.05, 0) is 37.3 Å². The summed E-state index contributed by atoms with van der Waals surface area (Å²) in [5.41, 5.74) is 1.50. The maximum Gasteiger partial charge on any atom is 0.271 e. The Balaban J connectivity index is 1.43.